The van der Waals surface area contributed by atoms with Gasteiger partial charge in [-0.15, -0.1) is 0 Å². The molecule has 1 aliphatic rings. The van der Waals surface area contributed by atoms with Crippen molar-refractivity contribution in [2.75, 3.05) is 6.54 Å². The topological polar surface area (TPSA) is 26.0 Å². The Hall–Kier alpha value is -1.03. The van der Waals surface area contributed by atoms with Crippen LogP contribution in [0.1, 0.15) is 36.8 Å². The fraction of sp³-hybridized carbons (Fsp3) is 0.571. The van der Waals surface area contributed by atoms with E-state index >= 15 is 0 Å². The van der Waals surface area contributed by atoms with Gasteiger partial charge in [-0.3, -0.25) is 0 Å². The molecule has 1 aromatic rings. The van der Waals surface area contributed by atoms with Gasteiger partial charge in [-0.25, -0.2) is 13.2 Å². The Morgan fingerprint density at radius 2 is 1.78 bits per heavy atom. The van der Waals surface area contributed by atoms with Gasteiger partial charge in [0.1, 0.15) is 5.82 Å². The lowest BCUT2D eigenvalue weighted by Gasteiger charge is -2.40. The van der Waals surface area contributed by atoms with Crippen LogP contribution in [-0.4, -0.2) is 12.5 Å². The lowest BCUT2D eigenvalue weighted by Crippen LogP contribution is -2.42. The van der Waals surface area contributed by atoms with E-state index in [4.69, 9.17) is 5.73 Å². The first-order chi connectivity index (χ1) is 8.38. The lowest BCUT2D eigenvalue weighted by molar-refractivity contribution is -0.0510. The molecule has 18 heavy (non-hydrogen) atoms. The van der Waals surface area contributed by atoms with Gasteiger partial charge in [-0.1, -0.05) is 6.07 Å². The molecule has 1 fully saturated rings. The summed E-state index contributed by atoms with van der Waals surface area (Å²) in [5.74, 6) is -2.88. The summed E-state index contributed by atoms with van der Waals surface area (Å²) in [4.78, 5) is 0. The summed E-state index contributed by atoms with van der Waals surface area (Å²) >= 11 is 0. The second-order valence-electron chi connectivity index (χ2n) is 5.30. The predicted octanol–water partition coefficient (Wildman–Crippen LogP) is 3.54. The molecule has 0 radical (unpaired) electrons. The number of alkyl halides is 2. The van der Waals surface area contributed by atoms with E-state index in [0.29, 0.717) is 19.4 Å². The zero-order chi connectivity index (χ0) is 13.4. The molecule has 2 N–H and O–H groups in total. The van der Waals surface area contributed by atoms with Crippen molar-refractivity contribution in [3.8, 4) is 0 Å². The Labute approximate surface area is 105 Å². The minimum atomic E-state index is -2.58. The summed E-state index contributed by atoms with van der Waals surface area (Å²) in [7, 11) is 0. The Kier molecular flexibility index (Phi) is 3.41. The van der Waals surface area contributed by atoms with Gasteiger partial charge in [0.15, 0.2) is 0 Å². The van der Waals surface area contributed by atoms with Gasteiger partial charge in [0.05, 0.1) is 0 Å². The van der Waals surface area contributed by atoms with Crippen molar-refractivity contribution in [1.29, 1.82) is 0 Å². The van der Waals surface area contributed by atoms with E-state index in [9.17, 15) is 13.2 Å². The number of benzene rings is 1. The normalized spacial score (nSPS) is 21.8. The Morgan fingerprint density at radius 1 is 1.17 bits per heavy atom. The molecule has 0 unspecified atom stereocenters. The van der Waals surface area contributed by atoms with Crippen LogP contribution in [0.2, 0.25) is 0 Å². The van der Waals surface area contributed by atoms with Crippen LogP contribution in [0.3, 0.4) is 0 Å². The van der Waals surface area contributed by atoms with E-state index in [1.54, 1.807) is 6.07 Å². The Bertz CT molecular complexity index is 433. The molecule has 0 spiro atoms. The minimum Gasteiger partial charge on any atom is -0.330 e. The van der Waals surface area contributed by atoms with E-state index < -0.39 is 11.3 Å². The second kappa shape index (κ2) is 4.57. The molecule has 0 heterocycles. The van der Waals surface area contributed by atoms with E-state index in [1.807, 2.05) is 6.92 Å². The van der Waals surface area contributed by atoms with Crippen molar-refractivity contribution in [2.24, 2.45) is 5.73 Å². The predicted molar refractivity (Wildman–Crippen MR) is 65.3 cm³/mol. The first kappa shape index (κ1) is 13.4. The van der Waals surface area contributed by atoms with E-state index in [1.165, 1.54) is 12.1 Å². The quantitative estimate of drug-likeness (QED) is 0.861. The van der Waals surface area contributed by atoms with Gasteiger partial charge in [0.25, 0.3) is 0 Å². The number of hydrogen-bond acceptors (Lipinski definition) is 1. The van der Waals surface area contributed by atoms with Crippen LogP contribution in [0.4, 0.5) is 13.2 Å². The highest BCUT2D eigenvalue weighted by atomic mass is 19.3. The monoisotopic (exact) mass is 257 g/mol. The molecule has 0 amide bonds. The molecule has 100 valence electrons. The van der Waals surface area contributed by atoms with Gasteiger partial charge < -0.3 is 5.73 Å². The maximum absolute atomic E-state index is 13.3. The molecule has 4 heteroatoms. The highest BCUT2D eigenvalue weighted by molar-refractivity contribution is 5.35. The summed E-state index contributed by atoms with van der Waals surface area (Å²) < 4.78 is 39.6. The SMILES string of the molecule is Cc1cc(F)ccc1C1(CN)CCC(F)(F)CC1. The van der Waals surface area contributed by atoms with E-state index in [-0.39, 0.29) is 18.7 Å². The second-order valence-corrected chi connectivity index (χ2v) is 5.30. The van der Waals surface area contributed by atoms with Crippen molar-refractivity contribution < 1.29 is 13.2 Å². The van der Waals surface area contributed by atoms with Crippen molar-refractivity contribution in [3.05, 3.63) is 35.1 Å². The first-order valence-corrected chi connectivity index (χ1v) is 6.23. The lowest BCUT2D eigenvalue weighted by atomic mass is 9.67. The average Bonchev–Trinajstić information content (AvgIpc) is 2.31. The maximum atomic E-state index is 13.3. The minimum absolute atomic E-state index is 0.138. The van der Waals surface area contributed by atoms with Crippen molar-refractivity contribution >= 4 is 0 Å². The highest BCUT2D eigenvalue weighted by Gasteiger charge is 2.44. The van der Waals surface area contributed by atoms with Crippen LogP contribution >= 0.6 is 0 Å². The van der Waals surface area contributed by atoms with Gasteiger partial charge in [-0.2, -0.15) is 0 Å². The molecule has 0 bridgehead atoms. The van der Waals surface area contributed by atoms with Crippen molar-refractivity contribution in [2.45, 2.75) is 43.9 Å². The third-order valence-electron chi connectivity index (χ3n) is 4.09. The standard InChI is InChI=1S/C14H18F3N/c1-10-8-11(15)2-3-12(10)13(9-18)4-6-14(16,17)7-5-13/h2-3,8H,4-7,9,18H2,1H3. The Balaban J connectivity index is 2.33. The van der Waals surface area contributed by atoms with Crippen LogP contribution in [0.25, 0.3) is 0 Å². The molecule has 0 aromatic heterocycles. The largest absolute Gasteiger partial charge is 0.330 e. The molecule has 1 aliphatic carbocycles. The van der Waals surface area contributed by atoms with Crippen molar-refractivity contribution in [1.82, 2.24) is 0 Å². The van der Waals surface area contributed by atoms with E-state index in [2.05, 4.69) is 0 Å². The van der Waals surface area contributed by atoms with Crippen LogP contribution in [0.15, 0.2) is 18.2 Å². The molecule has 0 aliphatic heterocycles. The van der Waals surface area contributed by atoms with Gasteiger partial charge in [0, 0.05) is 24.8 Å². The number of aryl methyl sites for hydroxylation is 1. The number of rotatable bonds is 2. The summed E-state index contributed by atoms with van der Waals surface area (Å²) in [5, 5.41) is 0. The van der Waals surface area contributed by atoms with Gasteiger partial charge in [-0.05, 0) is 43.0 Å². The summed E-state index contributed by atoms with van der Waals surface area (Å²) in [6.45, 7) is 2.14. The number of hydrogen-bond donors (Lipinski definition) is 1. The fourth-order valence-corrected chi connectivity index (χ4v) is 2.90. The third-order valence-corrected chi connectivity index (χ3v) is 4.09. The molecule has 1 saturated carbocycles. The van der Waals surface area contributed by atoms with Gasteiger partial charge >= 0.3 is 0 Å². The first-order valence-electron chi connectivity index (χ1n) is 6.23. The highest BCUT2D eigenvalue weighted by Crippen LogP contribution is 2.45. The fourth-order valence-electron chi connectivity index (χ4n) is 2.90. The van der Waals surface area contributed by atoms with Crippen LogP contribution < -0.4 is 5.73 Å². The average molecular weight is 257 g/mol. The molecule has 0 saturated heterocycles. The van der Waals surface area contributed by atoms with Gasteiger partial charge in [0.2, 0.25) is 5.92 Å². The zero-order valence-electron chi connectivity index (χ0n) is 10.5. The zero-order valence-corrected chi connectivity index (χ0v) is 10.5. The Morgan fingerprint density at radius 3 is 2.28 bits per heavy atom. The molecule has 2 rings (SSSR count). The summed E-state index contributed by atoms with van der Waals surface area (Å²) in [5.41, 5.74) is 7.13. The maximum Gasteiger partial charge on any atom is 0.248 e. The number of nitrogens with two attached hydrogens (primary N) is 1. The van der Waals surface area contributed by atoms with Crippen LogP contribution in [0, 0.1) is 12.7 Å². The molecule has 0 atom stereocenters. The smallest absolute Gasteiger partial charge is 0.248 e. The molecular formula is C14H18F3N. The third kappa shape index (κ3) is 2.39. The number of halogens is 3. The summed E-state index contributed by atoms with van der Waals surface area (Å²) in [6, 6.07) is 4.52. The molecule has 1 aromatic carbocycles. The van der Waals surface area contributed by atoms with Crippen LogP contribution in [0.5, 0.6) is 0 Å². The van der Waals surface area contributed by atoms with E-state index in [0.717, 1.165) is 11.1 Å². The molecule has 1 nitrogen and oxygen atoms in total. The van der Waals surface area contributed by atoms with Crippen molar-refractivity contribution in [3.63, 3.8) is 0 Å². The van der Waals surface area contributed by atoms with Crippen LogP contribution in [-0.2, 0) is 5.41 Å². The summed E-state index contributed by atoms with van der Waals surface area (Å²) in [6.07, 6.45) is 0.452. The molecular weight excluding hydrogens is 239 g/mol.